The Morgan fingerprint density at radius 3 is 2.36 bits per heavy atom. The Balaban J connectivity index is 2.49. The van der Waals surface area contributed by atoms with Gasteiger partial charge in [0.15, 0.2) is 0 Å². The second-order valence-electron chi connectivity index (χ2n) is 5.63. The molecule has 0 amide bonds. The number of ether oxygens (including phenoxy) is 1. The summed E-state index contributed by atoms with van der Waals surface area (Å²) in [6, 6.07) is 11.8. The van der Waals surface area contributed by atoms with Gasteiger partial charge in [-0.1, -0.05) is 38.1 Å². The number of nitrogens with zero attached hydrogens (tertiary/aromatic N) is 1. The standard InChI is InChI=1S/C18H23NO3/c1-13(2)14-4-6-15(7-5-14)17-9-8-16(12-20)18(21)19(17)10-11-22-3/h4-9,13,20H,10-12H2,1-3H3. The van der Waals surface area contributed by atoms with Crippen molar-refractivity contribution in [3.05, 3.63) is 57.9 Å². The minimum atomic E-state index is -0.252. The molecule has 1 aromatic heterocycles. The van der Waals surface area contributed by atoms with Gasteiger partial charge in [0.1, 0.15) is 0 Å². The van der Waals surface area contributed by atoms with E-state index in [0.29, 0.717) is 24.6 Å². The molecule has 0 aliphatic carbocycles. The molecule has 1 N–H and O–H groups in total. The molecule has 4 heteroatoms. The summed E-state index contributed by atoms with van der Waals surface area (Å²) < 4.78 is 6.76. The quantitative estimate of drug-likeness (QED) is 0.892. The molecule has 22 heavy (non-hydrogen) atoms. The van der Waals surface area contributed by atoms with Crippen molar-refractivity contribution in [1.82, 2.24) is 4.57 Å². The molecule has 0 saturated heterocycles. The Bertz CT molecular complexity index is 672. The van der Waals surface area contributed by atoms with Gasteiger partial charge in [-0.05, 0) is 29.2 Å². The molecule has 1 heterocycles. The number of pyridine rings is 1. The van der Waals surface area contributed by atoms with Crippen molar-refractivity contribution in [3.63, 3.8) is 0 Å². The maximum atomic E-state index is 12.4. The lowest BCUT2D eigenvalue weighted by atomic mass is 10.0. The first kappa shape index (κ1) is 16.5. The van der Waals surface area contributed by atoms with Crippen LogP contribution >= 0.6 is 0 Å². The van der Waals surface area contributed by atoms with E-state index in [2.05, 4.69) is 26.0 Å². The molecule has 2 aromatic rings. The third-order valence-electron chi connectivity index (χ3n) is 3.82. The maximum absolute atomic E-state index is 12.4. The van der Waals surface area contributed by atoms with Crippen LogP contribution in [0.1, 0.15) is 30.9 Å². The van der Waals surface area contributed by atoms with Gasteiger partial charge < -0.3 is 14.4 Å². The summed E-state index contributed by atoms with van der Waals surface area (Å²) in [5.41, 5.74) is 3.34. The van der Waals surface area contributed by atoms with Crippen LogP contribution in [-0.4, -0.2) is 23.4 Å². The van der Waals surface area contributed by atoms with Crippen LogP contribution in [0.25, 0.3) is 11.3 Å². The van der Waals surface area contributed by atoms with Crippen molar-refractivity contribution in [2.75, 3.05) is 13.7 Å². The molecule has 0 saturated carbocycles. The van der Waals surface area contributed by atoms with Gasteiger partial charge >= 0.3 is 0 Å². The number of hydrogen-bond acceptors (Lipinski definition) is 3. The summed E-state index contributed by atoms with van der Waals surface area (Å²) in [6.45, 7) is 4.97. The molecule has 0 radical (unpaired) electrons. The number of hydrogen-bond donors (Lipinski definition) is 1. The molecule has 4 nitrogen and oxygen atoms in total. The fraction of sp³-hybridized carbons (Fsp3) is 0.389. The van der Waals surface area contributed by atoms with E-state index in [9.17, 15) is 9.90 Å². The zero-order valence-electron chi connectivity index (χ0n) is 13.4. The average Bonchev–Trinajstić information content (AvgIpc) is 2.53. The minimum absolute atomic E-state index is 0.162. The highest BCUT2D eigenvalue weighted by Crippen LogP contribution is 2.22. The molecular formula is C18H23NO3. The predicted molar refractivity (Wildman–Crippen MR) is 88.0 cm³/mol. The third kappa shape index (κ3) is 3.46. The summed E-state index contributed by atoms with van der Waals surface area (Å²) in [5, 5.41) is 9.28. The topological polar surface area (TPSA) is 51.5 Å². The lowest BCUT2D eigenvalue weighted by molar-refractivity contribution is 0.186. The summed E-state index contributed by atoms with van der Waals surface area (Å²) in [6.07, 6.45) is 0. The van der Waals surface area contributed by atoms with Gasteiger partial charge in [-0.3, -0.25) is 4.79 Å². The minimum Gasteiger partial charge on any atom is -0.391 e. The van der Waals surface area contributed by atoms with Gasteiger partial charge in [-0.15, -0.1) is 0 Å². The van der Waals surface area contributed by atoms with Gasteiger partial charge in [-0.2, -0.15) is 0 Å². The van der Waals surface area contributed by atoms with Crippen LogP contribution in [0.3, 0.4) is 0 Å². The molecular weight excluding hydrogens is 278 g/mol. The number of aliphatic hydroxyl groups is 1. The number of benzene rings is 1. The van der Waals surface area contributed by atoms with Gasteiger partial charge in [0.25, 0.3) is 5.56 Å². The third-order valence-corrected chi connectivity index (χ3v) is 3.82. The van der Waals surface area contributed by atoms with E-state index >= 15 is 0 Å². The second kappa shape index (κ2) is 7.38. The first-order valence-corrected chi connectivity index (χ1v) is 7.51. The Morgan fingerprint density at radius 1 is 1.14 bits per heavy atom. The van der Waals surface area contributed by atoms with Crippen molar-refractivity contribution in [2.24, 2.45) is 0 Å². The fourth-order valence-electron chi connectivity index (χ4n) is 2.44. The van der Waals surface area contributed by atoms with Gasteiger partial charge in [-0.25, -0.2) is 0 Å². The first-order chi connectivity index (χ1) is 10.6. The van der Waals surface area contributed by atoms with Crippen molar-refractivity contribution >= 4 is 0 Å². The van der Waals surface area contributed by atoms with Crippen molar-refractivity contribution < 1.29 is 9.84 Å². The molecule has 0 aliphatic rings. The predicted octanol–water partition coefficient (Wildman–Crippen LogP) is 2.78. The normalized spacial score (nSPS) is 11.1. The van der Waals surface area contributed by atoms with E-state index in [4.69, 9.17) is 4.74 Å². The lowest BCUT2D eigenvalue weighted by Crippen LogP contribution is -2.26. The summed E-state index contributed by atoms with van der Waals surface area (Å²) in [5.74, 6) is 0.474. The Kier molecular flexibility index (Phi) is 5.52. The van der Waals surface area contributed by atoms with E-state index in [0.717, 1.165) is 11.3 Å². The molecule has 0 aliphatic heterocycles. The largest absolute Gasteiger partial charge is 0.391 e. The zero-order valence-corrected chi connectivity index (χ0v) is 13.4. The average molecular weight is 301 g/mol. The van der Waals surface area contributed by atoms with Crippen LogP contribution in [0.4, 0.5) is 0 Å². The summed E-state index contributed by atoms with van der Waals surface area (Å²) in [7, 11) is 1.61. The van der Waals surface area contributed by atoms with Crippen LogP contribution in [0.2, 0.25) is 0 Å². The Morgan fingerprint density at radius 2 is 1.82 bits per heavy atom. The number of rotatable bonds is 6. The second-order valence-corrected chi connectivity index (χ2v) is 5.63. The van der Waals surface area contributed by atoms with Crippen LogP contribution in [0.15, 0.2) is 41.2 Å². The molecule has 2 rings (SSSR count). The number of methoxy groups -OCH3 is 1. The Labute approximate surface area is 131 Å². The van der Waals surface area contributed by atoms with E-state index in [-0.39, 0.29) is 12.2 Å². The van der Waals surface area contributed by atoms with E-state index in [1.54, 1.807) is 17.7 Å². The van der Waals surface area contributed by atoms with Gasteiger partial charge in [0.05, 0.1) is 18.9 Å². The van der Waals surface area contributed by atoms with Crippen molar-refractivity contribution in [2.45, 2.75) is 32.9 Å². The molecule has 0 atom stereocenters. The lowest BCUT2D eigenvalue weighted by Gasteiger charge is -2.15. The molecule has 118 valence electrons. The first-order valence-electron chi connectivity index (χ1n) is 7.51. The number of aromatic nitrogens is 1. The summed E-state index contributed by atoms with van der Waals surface area (Å²) >= 11 is 0. The van der Waals surface area contributed by atoms with Crippen molar-refractivity contribution in [1.29, 1.82) is 0 Å². The van der Waals surface area contributed by atoms with Crippen molar-refractivity contribution in [3.8, 4) is 11.3 Å². The molecule has 0 bridgehead atoms. The van der Waals surface area contributed by atoms with E-state index in [1.165, 1.54) is 5.56 Å². The van der Waals surface area contributed by atoms with Gasteiger partial charge in [0, 0.05) is 19.2 Å². The van der Waals surface area contributed by atoms with Gasteiger partial charge in [0.2, 0.25) is 0 Å². The highest BCUT2D eigenvalue weighted by atomic mass is 16.5. The summed E-state index contributed by atoms with van der Waals surface area (Å²) in [4.78, 5) is 12.4. The highest BCUT2D eigenvalue weighted by molar-refractivity contribution is 5.60. The number of aliphatic hydroxyl groups excluding tert-OH is 1. The van der Waals surface area contributed by atoms with Crippen LogP contribution in [-0.2, 0) is 17.9 Å². The fourth-order valence-corrected chi connectivity index (χ4v) is 2.44. The molecule has 0 spiro atoms. The molecule has 0 unspecified atom stereocenters. The van der Waals surface area contributed by atoms with Crippen LogP contribution < -0.4 is 5.56 Å². The Hall–Kier alpha value is -1.91. The monoisotopic (exact) mass is 301 g/mol. The smallest absolute Gasteiger partial charge is 0.256 e. The van der Waals surface area contributed by atoms with Crippen LogP contribution in [0.5, 0.6) is 0 Å². The van der Waals surface area contributed by atoms with E-state index in [1.807, 2.05) is 18.2 Å². The zero-order chi connectivity index (χ0) is 16.1. The van der Waals surface area contributed by atoms with Crippen LogP contribution in [0, 0.1) is 0 Å². The van der Waals surface area contributed by atoms with E-state index < -0.39 is 0 Å². The maximum Gasteiger partial charge on any atom is 0.256 e. The SMILES string of the molecule is COCCn1c(-c2ccc(C(C)C)cc2)ccc(CO)c1=O. The molecule has 0 fully saturated rings. The highest BCUT2D eigenvalue weighted by Gasteiger charge is 2.10. The molecule has 1 aromatic carbocycles.